The quantitative estimate of drug-likeness (QED) is 0.931. The molecule has 1 aromatic heterocycles. The third-order valence-electron chi connectivity index (χ3n) is 2.90. The molecule has 2 rings (SSSR count). The lowest BCUT2D eigenvalue weighted by molar-refractivity contribution is 0.0997. The predicted octanol–water partition coefficient (Wildman–Crippen LogP) is 3.66. The van der Waals surface area contributed by atoms with Crippen LogP contribution in [-0.2, 0) is 0 Å². The van der Waals surface area contributed by atoms with E-state index in [1.54, 1.807) is 6.07 Å². The van der Waals surface area contributed by atoms with Crippen LogP contribution in [0.3, 0.4) is 0 Å². The first-order valence-corrected chi connectivity index (χ1v) is 6.90. The van der Waals surface area contributed by atoms with E-state index in [1.165, 1.54) is 0 Å². The average molecular weight is 335 g/mol. The number of benzene rings is 1. The Morgan fingerprint density at radius 1 is 1.20 bits per heavy atom. The number of carbonyl (C=O) groups is 1. The van der Waals surface area contributed by atoms with Crippen LogP contribution < -0.4 is 10.5 Å². The predicted molar refractivity (Wildman–Crippen MR) is 81.2 cm³/mol. The smallest absolute Gasteiger partial charge is 0.254 e. The molecule has 1 aromatic carbocycles. The number of pyridine rings is 1. The van der Waals surface area contributed by atoms with Crippen molar-refractivity contribution in [2.45, 2.75) is 20.8 Å². The maximum Gasteiger partial charge on any atom is 0.254 e. The van der Waals surface area contributed by atoms with Gasteiger partial charge in [0.15, 0.2) is 0 Å². The molecule has 0 bridgehead atoms. The second kappa shape index (κ2) is 5.63. The molecule has 0 unspecified atom stereocenters. The topological polar surface area (TPSA) is 65.2 Å². The van der Waals surface area contributed by atoms with Gasteiger partial charge in [0.25, 0.3) is 5.91 Å². The van der Waals surface area contributed by atoms with Crippen LogP contribution in [0, 0.1) is 20.8 Å². The van der Waals surface area contributed by atoms with Gasteiger partial charge >= 0.3 is 0 Å². The highest BCUT2D eigenvalue weighted by Gasteiger charge is 2.16. The zero-order valence-electron chi connectivity index (χ0n) is 11.5. The third-order valence-corrected chi connectivity index (χ3v) is 3.39. The number of hydrogen-bond donors (Lipinski definition) is 1. The second-order valence-electron chi connectivity index (χ2n) is 4.64. The van der Waals surface area contributed by atoms with Gasteiger partial charge in [-0.15, -0.1) is 0 Å². The molecule has 0 aliphatic carbocycles. The van der Waals surface area contributed by atoms with E-state index < -0.39 is 5.91 Å². The fourth-order valence-corrected chi connectivity index (χ4v) is 2.48. The highest BCUT2D eigenvalue weighted by Crippen LogP contribution is 2.29. The van der Waals surface area contributed by atoms with Crippen molar-refractivity contribution in [2.75, 3.05) is 0 Å². The number of carbonyl (C=O) groups excluding carboxylic acids is 1. The fraction of sp³-hybridized carbons (Fsp3) is 0.200. The summed E-state index contributed by atoms with van der Waals surface area (Å²) in [4.78, 5) is 15.9. The molecule has 2 aromatic rings. The van der Waals surface area contributed by atoms with Gasteiger partial charge in [0.2, 0.25) is 5.88 Å². The van der Waals surface area contributed by atoms with Gasteiger partial charge in [-0.25, -0.2) is 4.98 Å². The molecular weight excluding hydrogens is 320 g/mol. The van der Waals surface area contributed by atoms with Gasteiger partial charge in [-0.2, -0.15) is 0 Å². The number of amides is 1. The van der Waals surface area contributed by atoms with E-state index in [9.17, 15) is 4.79 Å². The molecule has 0 atom stereocenters. The molecule has 0 saturated carbocycles. The van der Waals surface area contributed by atoms with Gasteiger partial charge in [0.05, 0.1) is 0 Å². The molecule has 0 radical (unpaired) electrons. The van der Waals surface area contributed by atoms with Crippen LogP contribution in [0.5, 0.6) is 11.6 Å². The largest absolute Gasteiger partial charge is 0.438 e. The average Bonchev–Trinajstić information content (AvgIpc) is 2.31. The normalized spacial score (nSPS) is 10.4. The minimum Gasteiger partial charge on any atom is -0.438 e. The van der Waals surface area contributed by atoms with Crippen molar-refractivity contribution < 1.29 is 9.53 Å². The lowest BCUT2D eigenvalue weighted by Crippen LogP contribution is -2.15. The first kappa shape index (κ1) is 14.5. The van der Waals surface area contributed by atoms with Crippen molar-refractivity contribution in [3.05, 3.63) is 51.1 Å². The monoisotopic (exact) mass is 334 g/mol. The van der Waals surface area contributed by atoms with E-state index in [-0.39, 0.29) is 5.88 Å². The Morgan fingerprint density at radius 2 is 1.90 bits per heavy atom. The SMILES string of the molecule is Cc1cc(C)c(C(N)=O)c(Oc2ccc(Br)cc2C)n1. The number of rotatable bonds is 3. The highest BCUT2D eigenvalue weighted by molar-refractivity contribution is 9.10. The standard InChI is InChI=1S/C15H15BrN2O2/c1-8-7-11(16)4-5-12(8)20-15-13(14(17)19)9(2)6-10(3)18-15/h4-7H,1-3H3,(H2,17,19). The summed E-state index contributed by atoms with van der Waals surface area (Å²) in [6.07, 6.45) is 0. The molecular formula is C15H15BrN2O2. The highest BCUT2D eigenvalue weighted by atomic mass is 79.9. The molecule has 1 heterocycles. The molecule has 2 N–H and O–H groups in total. The van der Waals surface area contributed by atoms with Gasteiger partial charge in [-0.3, -0.25) is 4.79 Å². The van der Waals surface area contributed by atoms with Crippen molar-refractivity contribution >= 4 is 21.8 Å². The van der Waals surface area contributed by atoms with Crippen LogP contribution in [-0.4, -0.2) is 10.9 Å². The van der Waals surface area contributed by atoms with Crippen molar-refractivity contribution in [1.29, 1.82) is 0 Å². The molecule has 104 valence electrons. The van der Waals surface area contributed by atoms with Crippen LogP contribution in [0.2, 0.25) is 0 Å². The van der Waals surface area contributed by atoms with E-state index in [4.69, 9.17) is 10.5 Å². The van der Waals surface area contributed by atoms with Gasteiger partial charge in [0, 0.05) is 10.2 Å². The van der Waals surface area contributed by atoms with E-state index in [0.29, 0.717) is 11.3 Å². The molecule has 0 saturated heterocycles. The number of aromatic nitrogens is 1. The van der Waals surface area contributed by atoms with Crippen molar-refractivity contribution in [1.82, 2.24) is 4.98 Å². The Balaban J connectivity index is 2.50. The van der Waals surface area contributed by atoms with E-state index in [0.717, 1.165) is 21.3 Å². The van der Waals surface area contributed by atoms with Gasteiger partial charge < -0.3 is 10.5 Å². The van der Waals surface area contributed by atoms with Crippen molar-refractivity contribution in [3.8, 4) is 11.6 Å². The molecule has 20 heavy (non-hydrogen) atoms. The number of nitrogens with zero attached hydrogens (tertiary/aromatic N) is 1. The Morgan fingerprint density at radius 3 is 2.50 bits per heavy atom. The number of primary amides is 1. The van der Waals surface area contributed by atoms with E-state index in [1.807, 2.05) is 39.0 Å². The maximum absolute atomic E-state index is 11.6. The van der Waals surface area contributed by atoms with Crippen LogP contribution in [0.4, 0.5) is 0 Å². The minimum atomic E-state index is -0.542. The molecule has 0 aliphatic rings. The van der Waals surface area contributed by atoms with Crippen LogP contribution in [0.1, 0.15) is 27.2 Å². The third kappa shape index (κ3) is 2.99. The zero-order chi connectivity index (χ0) is 14.9. The fourth-order valence-electron chi connectivity index (χ4n) is 2.01. The first-order valence-electron chi connectivity index (χ1n) is 6.10. The number of aryl methyl sites for hydroxylation is 3. The lowest BCUT2D eigenvalue weighted by atomic mass is 10.1. The van der Waals surface area contributed by atoms with E-state index >= 15 is 0 Å². The van der Waals surface area contributed by atoms with Gasteiger partial charge in [-0.05, 0) is 56.2 Å². The summed E-state index contributed by atoms with van der Waals surface area (Å²) in [7, 11) is 0. The Kier molecular flexibility index (Phi) is 4.09. The molecule has 1 amide bonds. The number of ether oxygens (including phenoxy) is 1. The Hall–Kier alpha value is -1.88. The maximum atomic E-state index is 11.6. The van der Waals surface area contributed by atoms with Crippen LogP contribution in [0.15, 0.2) is 28.7 Å². The summed E-state index contributed by atoms with van der Waals surface area (Å²) < 4.78 is 6.75. The summed E-state index contributed by atoms with van der Waals surface area (Å²) in [6, 6.07) is 7.43. The summed E-state index contributed by atoms with van der Waals surface area (Å²) in [6.45, 7) is 5.59. The van der Waals surface area contributed by atoms with Crippen LogP contribution in [0.25, 0.3) is 0 Å². The summed E-state index contributed by atoms with van der Waals surface area (Å²) >= 11 is 3.40. The van der Waals surface area contributed by atoms with Crippen molar-refractivity contribution in [2.24, 2.45) is 5.73 Å². The van der Waals surface area contributed by atoms with Gasteiger partial charge in [0.1, 0.15) is 11.3 Å². The van der Waals surface area contributed by atoms with E-state index in [2.05, 4.69) is 20.9 Å². The molecule has 0 spiro atoms. The summed E-state index contributed by atoms with van der Waals surface area (Å²) in [5.74, 6) is 0.355. The molecule has 0 fully saturated rings. The number of hydrogen-bond acceptors (Lipinski definition) is 3. The summed E-state index contributed by atoms with van der Waals surface area (Å²) in [5, 5.41) is 0. The lowest BCUT2D eigenvalue weighted by Gasteiger charge is -2.13. The van der Waals surface area contributed by atoms with Crippen LogP contribution >= 0.6 is 15.9 Å². The Labute approximate surface area is 126 Å². The Bertz CT molecular complexity index is 684. The number of halogens is 1. The molecule has 4 nitrogen and oxygen atoms in total. The minimum absolute atomic E-state index is 0.250. The zero-order valence-corrected chi connectivity index (χ0v) is 13.1. The van der Waals surface area contributed by atoms with Gasteiger partial charge in [-0.1, -0.05) is 15.9 Å². The molecule has 5 heteroatoms. The first-order chi connectivity index (χ1) is 9.38. The second-order valence-corrected chi connectivity index (χ2v) is 5.55. The number of nitrogens with two attached hydrogens (primary N) is 1. The summed E-state index contributed by atoms with van der Waals surface area (Å²) in [5.41, 5.74) is 8.21. The van der Waals surface area contributed by atoms with Crippen molar-refractivity contribution in [3.63, 3.8) is 0 Å². The molecule has 0 aliphatic heterocycles.